The molecule has 350 valence electrons. The van der Waals surface area contributed by atoms with Crippen molar-refractivity contribution in [3.05, 3.63) is 48.6 Å². The van der Waals surface area contributed by atoms with Gasteiger partial charge in [-0.3, -0.25) is 13.8 Å². The van der Waals surface area contributed by atoms with Crippen molar-refractivity contribution in [2.24, 2.45) is 0 Å². The van der Waals surface area contributed by atoms with Crippen LogP contribution >= 0.6 is 7.82 Å². The first-order valence-corrected chi connectivity index (χ1v) is 25.0. The smallest absolute Gasteiger partial charge is 0.457 e. The Morgan fingerprint density at radius 2 is 0.983 bits per heavy atom. The normalized spacial score (nSPS) is 22.7. The zero-order valence-corrected chi connectivity index (χ0v) is 38.1. The van der Waals surface area contributed by atoms with Crippen molar-refractivity contribution in [3.63, 3.8) is 0 Å². The Balaban J connectivity index is 2.40. The predicted octanol–water partition coefficient (Wildman–Crippen LogP) is 9.64. The van der Waals surface area contributed by atoms with Gasteiger partial charge in [0.15, 0.2) is 0 Å². The average molecular weight is 873 g/mol. The van der Waals surface area contributed by atoms with Crippen LogP contribution in [0.25, 0.3) is 0 Å². The molecule has 0 aromatic rings. The minimum Gasteiger partial charge on any atom is -0.457 e. The SMILES string of the molecule is CC/C=C\C/C=C\C/C=C\C/C=C\CCCCCCCCC(=O)OC(COCCCCCCCCCCCCCCCC)COP(=O)(O)OC1C(O)C(O)C(O)C(O)C1O. The molecule has 12 nitrogen and oxygen atoms in total. The zero-order valence-electron chi connectivity index (χ0n) is 37.2. The van der Waals surface area contributed by atoms with Gasteiger partial charge in [0.05, 0.1) is 13.2 Å². The Labute approximate surface area is 363 Å². The van der Waals surface area contributed by atoms with Crippen molar-refractivity contribution >= 4 is 13.8 Å². The molecule has 0 heterocycles. The molecule has 0 radical (unpaired) electrons. The summed E-state index contributed by atoms with van der Waals surface area (Å²) in [6, 6.07) is 0. The number of rotatable bonds is 39. The molecule has 13 heteroatoms. The lowest BCUT2D eigenvalue weighted by Gasteiger charge is -2.41. The maximum absolute atomic E-state index is 12.8. The molecule has 0 saturated heterocycles. The summed E-state index contributed by atoms with van der Waals surface area (Å²) in [4.78, 5) is 23.2. The molecule has 1 saturated carbocycles. The third kappa shape index (κ3) is 29.6. The molecular formula is C47H85O12P. The summed E-state index contributed by atoms with van der Waals surface area (Å²) in [6.07, 6.45) is 33.1. The largest absolute Gasteiger partial charge is 0.472 e. The second kappa shape index (κ2) is 37.8. The average Bonchev–Trinajstić information content (AvgIpc) is 3.23. The number of phosphoric acid groups is 1. The standard InChI is InChI=1S/C47H85O12P/c1-3-5-7-9-11-13-15-17-19-20-21-22-23-24-26-28-30-32-34-36-41(48)58-40(38-56-37-35-33-31-29-27-25-18-16-14-12-10-8-6-4-2)39-57-60(54,55)59-47-45(52)43(50)42(49)44(51)46(47)53/h5,7,11,13,17,19,21-22,40,42-47,49-53H,3-4,6,8-10,12,14-16,18,20,23-39H2,1-2H3,(H,54,55)/b7-5-,13-11-,19-17-,22-21-. The molecule has 6 N–H and O–H groups in total. The summed E-state index contributed by atoms with van der Waals surface area (Å²) in [5.74, 6) is -0.491. The Kier molecular flexibility index (Phi) is 35.5. The molecule has 6 atom stereocenters. The number of hydrogen-bond acceptors (Lipinski definition) is 11. The summed E-state index contributed by atoms with van der Waals surface area (Å²) >= 11 is 0. The summed E-state index contributed by atoms with van der Waals surface area (Å²) in [5.41, 5.74) is 0. The molecule has 1 rings (SSSR count). The molecule has 6 unspecified atom stereocenters. The predicted molar refractivity (Wildman–Crippen MR) is 239 cm³/mol. The van der Waals surface area contributed by atoms with E-state index >= 15 is 0 Å². The number of aliphatic hydroxyl groups is 5. The summed E-state index contributed by atoms with van der Waals surface area (Å²) in [5, 5.41) is 50.2. The van der Waals surface area contributed by atoms with Gasteiger partial charge in [-0.15, -0.1) is 0 Å². The van der Waals surface area contributed by atoms with E-state index in [2.05, 4.69) is 62.5 Å². The molecule has 1 fully saturated rings. The lowest BCUT2D eigenvalue weighted by molar-refractivity contribution is -0.220. The molecule has 0 bridgehead atoms. The number of allylic oxidation sites excluding steroid dienone is 8. The third-order valence-corrected chi connectivity index (χ3v) is 11.7. The van der Waals surface area contributed by atoms with Gasteiger partial charge in [-0.25, -0.2) is 4.57 Å². The molecule has 0 aromatic carbocycles. The quantitative estimate of drug-likeness (QED) is 0.0149. The van der Waals surface area contributed by atoms with Gasteiger partial charge in [0.2, 0.25) is 0 Å². The molecular weight excluding hydrogens is 787 g/mol. The first-order chi connectivity index (χ1) is 29.0. The van der Waals surface area contributed by atoms with Gasteiger partial charge in [0.25, 0.3) is 0 Å². The van der Waals surface area contributed by atoms with Crippen LogP contribution < -0.4 is 0 Å². The number of unbranched alkanes of at least 4 members (excludes halogenated alkanes) is 19. The van der Waals surface area contributed by atoms with E-state index in [0.717, 1.165) is 83.5 Å². The zero-order chi connectivity index (χ0) is 44.1. The highest BCUT2D eigenvalue weighted by molar-refractivity contribution is 7.47. The Morgan fingerprint density at radius 1 is 0.550 bits per heavy atom. The van der Waals surface area contributed by atoms with Gasteiger partial charge in [-0.2, -0.15) is 0 Å². The van der Waals surface area contributed by atoms with E-state index in [9.17, 15) is 39.8 Å². The van der Waals surface area contributed by atoms with Crippen molar-refractivity contribution in [1.82, 2.24) is 0 Å². The number of carbonyl (C=O) groups is 1. The summed E-state index contributed by atoms with van der Waals surface area (Å²) in [7, 11) is -5.02. The molecule has 0 spiro atoms. The van der Waals surface area contributed by atoms with Gasteiger partial charge >= 0.3 is 13.8 Å². The first kappa shape index (κ1) is 56.3. The molecule has 60 heavy (non-hydrogen) atoms. The van der Waals surface area contributed by atoms with Crippen LogP contribution in [0.2, 0.25) is 0 Å². The molecule has 0 aromatic heterocycles. The number of hydrogen-bond donors (Lipinski definition) is 6. The second-order valence-electron chi connectivity index (χ2n) is 16.2. The minimum absolute atomic E-state index is 0.0816. The highest BCUT2D eigenvalue weighted by Gasteiger charge is 2.51. The van der Waals surface area contributed by atoms with Crippen LogP contribution in [0.1, 0.15) is 181 Å². The highest BCUT2D eigenvalue weighted by atomic mass is 31.2. The number of aliphatic hydroxyl groups excluding tert-OH is 5. The number of phosphoric ester groups is 1. The number of carbonyl (C=O) groups excluding carboxylic acids is 1. The second-order valence-corrected chi connectivity index (χ2v) is 17.6. The first-order valence-electron chi connectivity index (χ1n) is 23.5. The van der Waals surface area contributed by atoms with E-state index in [0.29, 0.717) is 13.0 Å². The third-order valence-electron chi connectivity index (χ3n) is 10.7. The lowest BCUT2D eigenvalue weighted by Crippen LogP contribution is -2.64. The van der Waals surface area contributed by atoms with Gasteiger partial charge < -0.3 is 39.9 Å². The maximum Gasteiger partial charge on any atom is 0.472 e. The lowest BCUT2D eigenvalue weighted by atomic mass is 9.85. The monoisotopic (exact) mass is 873 g/mol. The van der Waals surface area contributed by atoms with Crippen LogP contribution in [0.3, 0.4) is 0 Å². The van der Waals surface area contributed by atoms with Gasteiger partial charge in [0.1, 0.15) is 42.7 Å². The van der Waals surface area contributed by atoms with Crippen LogP contribution in [0.4, 0.5) is 0 Å². The van der Waals surface area contributed by atoms with Gasteiger partial charge in [-0.1, -0.05) is 172 Å². The molecule has 0 aliphatic heterocycles. The number of ether oxygens (including phenoxy) is 2. The van der Waals surface area contributed by atoms with Crippen LogP contribution in [0.5, 0.6) is 0 Å². The van der Waals surface area contributed by atoms with Crippen molar-refractivity contribution < 1.29 is 58.3 Å². The molecule has 1 aliphatic rings. The van der Waals surface area contributed by atoms with E-state index < -0.39 is 63.1 Å². The number of esters is 1. The summed E-state index contributed by atoms with van der Waals surface area (Å²) in [6.45, 7) is 4.14. The Morgan fingerprint density at radius 3 is 1.50 bits per heavy atom. The molecule has 0 amide bonds. The fourth-order valence-electron chi connectivity index (χ4n) is 6.99. The van der Waals surface area contributed by atoms with Crippen molar-refractivity contribution in [3.8, 4) is 0 Å². The highest BCUT2D eigenvalue weighted by Crippen LogP contribution is 2.47. The summed E-state index contributed by atoms with van der Waals surface area (Å²) < 4.78 is 34.2. The van der Waals surface area contributed by atoms with Crippen LogP contribution in [-0.2, 0) is 27.9 Å². The molecule has 1 aliphatic carbocycles. The Hall–Kier alpha value is -1.70. The van der Waals surface area contributed by atoms with Crippen molar-refractivity contribution in [2.75, 3.05) is 19.8 Å². The van der Waals surface area contributed by atoms with E-state index in [1.165, 1.54) is 70.6 Å². The fourth-order valence-corrected chi connectivity index (χ4v) is 7.97. The van der Waals surface area contributed by atoms with Crippen LogP contribution in [0, 0.1) is 0 Å². The topological polar surface area (TPSA) is 192 Å². The van der Waals surface area contributed by atoms with E-state index in [1.54, 1.807) is 0 Å². The van der Waals surface area contributed by atoms with Crippen molar-refractivity contribution in [1.29, 1.82) is 0 Å². The minimum atomic E-state index is -5.02. The van der Waals surface area contributed by atoms with Crippen molar-refractivity contribution in [2.45, 2.75) is 224 Å². The van der Waals surface area contributed by atoms with Crippen LogP contribution in [0.15, 0.2) is 48.6 Å². The van der Waals surface area contributed by atoms with Gasteiger partial charge in [0, 0.05) is 13.0 Å². The van der Waals surface area contributed by atoms with E-state index in [4.69, 9.17) is 18.5 Å². The maximum atomic E-state index is 12.8. The van der Waals surface area contributed by atoms with Gasteiger partial charge in [-0.05, 0) is 51.4 Å². The van der Waals surface area contributed by atoms with E-state index in [1.807, 2.05) is 0 Å². The fraction of sp³-hybridized carbons (Fsp3) is 0.809. The van der Waals surface area contributed by atoms with E-state index in [-0.39, 0.29) is 13.0 Å². The van der Waals surface area contributed by atoms with Crippen LogP contribution in [-0.4, -0.2) is 98.9 Å². The Bertz CT molecular complexity index is 1180.